The summed E-state index contributed by atoms with van der Waals surface area (Å²) in [5, 5.41) is 21.1. The predicted molar refractivity (Wildman–Crippen MR) is 139 cm³/mol. The molecule has 1 amide bonds. The van der Waals surface area contributed by atoms with Gasteiger partial charge in [0.1, 0.15) is 33.6 Å². The fraction of sp³-hybridized carbons (Fsp3) is 0.182. The lowest BCUT2D eigenvalue weighted by molar-refractivity contribution is -0.789. The van der Waals surface area contributed by atoms with Gasteiger partial charge in [-0.3, -0.25) is 9.59 Å². The molecular weight excluding hydrogens is 578 g/mol. The molecule has 14 nitrogen and oxygen atoms in total. The van der Waals surface area contributed by atoms with Crippen molar-refractivity contribution in [1.82, 2.24) is 0 Å². The topological polar surface area (TPSA) is 186 Å². The van der Waals surface area contributed by atoms with Gasteiger partial charge >= 0.3 is 11.9 Å². The molecule has 1 unspecified atom stereocenters. The Balaban J connectivity index is 1.79. The van der Waals surface area contributed by atoms with E-state index in [2.05, 4.69) is 15.0 Å². The number of esters is 2. The van der Waals surface area contributed by atoms with E-state index < -0.39 is 47.2 Å². The molecule has 2 aromatic carbocycles. The number of benzene rings is 2. The van der Waals surface area contributed by atoms with Gasteiger partial charge in [0, 0.05) is 17.5 Å². The summed E-state index contributed by atoms with van der Waals surface area (Å²) in [4.78, 5) is 67.2. The molecule has 3 aromatic rings. The first-order chi connectivity index (χ1) is 18.5. The van der Waals surface area contributed by atoms with Gasteiger partial charge in [-0.25, -0.2) is 4.79 Å². The number of carbonyl (C=O) groups excluding carboxylic acids is 3. The van der Waals surface area contributed by atoms with Gasteiger partial charge in [-0.1, -0.05) is 32.9 Å². The van der Waals surface area contributed by atoms with Crippen molar-refractivity contribution in [2.24, 2.45) is 0 Å². The number of nitrogens with zero attached hydrogens (tertiary/aromatic N) is 2. The van der Waals surface area contributed by atoms with Crippen molar-refractivity contribution in [1.29, 1.82) is 0 Å². The number of anilines is 1. The Morgan fingerprint density at radius 2 is 1.72 bits per heavy atom. The highest BCUT2D eigenvalue weighted by atomic mass is 32.9. The maximum Gasteiger partial charge on any atom is 0.347 e. The zero-order valence-electron chi connectivity index (χ0n) is 19.7. The number of ether oxygens (including phenoxy) is 2. The molecule has 3 rings (SSSR count). The summed E-state index contributed by atoms with van der Waals surface area (Å²) >= 11 is 5.14. The van der Waals surface area contributed by atoms with Crippen molar-refractivity contribution >= 4 is 56.4 Å². The van der Waals surface area contributed by atoms with Crippen molar-refractivity contribution in [2.75, 3.05) is 11.9 Å². The fourth-order valence-corrected chi connectivity index (χ4v) is 5.43. The maximum absolute atomic E-state index is 13.0. The molecule has 0 saturated heterocycles. The van der Waals surface area contributed by atoms with Gasteiger partial charge in [-0.15, -0.1) is 20.2 Å². The average Bonchev–Trinajstić information content (AvgIpc) is 3.29. The first-order valence-electron chi connectivity index (χ1n) is 10.6. The molecule has 0 bridgehead atoms. The van der Waals surface area contributed by atoms with Crippen LogP contribution >= 0.6 is 32.9 Å². The van der Waals surface area contributed by atoms with Crippen LogP contribution in [0, 0.1) is 24.1 Å². The molecule has 1 heterocycles. The van der Waals surface area contributed by atoms with Crippen molar-refractivity contribution in [3.63, 3.8) is 0 Å². The van der Waals surface area contributed by atoms with Crippen molar-refractivity contribution in [3.05, 3.63) is 78.1 Å². The standard InChI is InChI=1S/C22H17N3O11S3/c1-12(26)23-14-4-7-18(35-20(27)9-16(36-25(31)32)11-33-24(29)30)17(8-14)22(28)34-15-5-2-13(3-6-15)19-10-21(37)39-38-19/h2-8,10,16H,9,11H2,1H3,(H,23,26). The number of carbonyl (C=O) groups is 3. The summed E-state index contributed by atoms with van der Waals surface area (Å²) in [6.45, 7) is 0.328. The number of amides is 1. The molecule has 0 aliphatic carbocycles. The van der Waals surface area contributed by atoms with Gasteiger partial charge < -0.3 is 24.5 Å². The van der Waals surface area contributed by atoms with Crippen LogP contribution < -0.4 is 14.8 Å². The molecule has 0 aliphatic heterocycles. The van der Waals surface area contributed by atoms with E-state index in [1.54, 1.807) is 24.3 Å². The van der Waals surface area contributed by atoms with E-state index in [0.29, 0.717) is 0 Å². The van der Waals surface area contributed by atoms with Crippen LogP contribution in [0.3, 0.4) is 0 Å². The molecule has 0 spiro atoms. The van der Waals surface area contributed by atoms with E-state index in [4.69, 9.17) is 21.7 Å². The Labute approximate surface area is 231 Å². The predicted octanol–water partition coefficient (Wildman–Crippen LogP) is 4.46. The lowest BCUT2D eigenvalue weighted by Gasteiger charge is -2.15. The molecule has 0 radical (unpaired) electrons. The van der Waals surface area contributed by atoms with Gasteiger partial charge in [0.25, 0.3) is 10.2 Å². The van der Waals surface area contributed by atoms with E-state index in [0.717, 1.165) is 14.3 Å². The highest BCUT2D eigenvalue weighted by Crippen LogP contribution is 2.31. The van der Waals surface area contributed by atoms with Crippen LogP contribution in [0.1, 0.15) is 23.7 Å². The van der Waals surface area contributed by atoms with E-state index in [1.807, 2.05) is 6.07 Å². The van der Waals surface area contributed by atoms with Crippen LogP contribution in [-0.4, -0.2) is 40.7 Å². The van der Waals surface area contributed by atoms with Crippen LogP contribution in [0.4, 0.5) is 5.69 Å². The van der Waals surface area contributed by atoms with E-state index >= 15 is 0 Å². The Morgan fingerprint density at radius 3 is 2.31 bits per heavy atom. The van der Waals surface area contributed by atoms with Crippen LogP contribution in [0.25, 0.3) is 10.4 Å². The molecule has 0 fully saturated rings. The number of hydrogen-bond acceptors (Lipinski definition) is 14. The maximum atomic E-state index is 13.0. The number of nitrogens with one attached hydrogen (secondary N) is 1. The lowest BCUT2D eigenvalue weighted by Crippen LogP contribution is -2.29. The second-order valence-corrected chi connectivity index (χ2v) is 10.4. The normalized spacial score (nSPS) is 11.1. The number of hydrogen-bond donors (Lipinski definition) is 1. The van der Waals surface area contributed by atoms with Crippen molar-refractivity contribution in [2.45, 2.75) is 19.4 Å². The van der Waals surface area contributed by atoms with Crippen LogP contribution in [0.2, 0.25) is 0 Å². The molecule has 1 atom stereocenters. The van der Waals surface area contributed by atoms with Gasteiger partial charge in [0.2, 0.25) is 5.91 Å². The third kappa shape index (κ3) is 9.09. The molecule has 39 heavy (non-hydrogen) atoms. The molecule has 204 valence electrons. The van der Waals surface area contributed by atoms with Gasteiger partial charge in [0.05, 0.1) is 6.42 Å². The van der Waals surface area contributed by atoms with Gasteiger partial charge in [-0.05, 0) is 54.1 Å². The molecule has 1 aromatic heterocycles. The quantitative estimate of drug-likeness (QED) is 0.0774. The third-order valence-corrected chi connectivity index (χ3v) is 7.46. The molecule has 0 aliphatic rings. The van der Waals surface area contributed by atoms with Crippen LogP contribution in [-0.2, 0) is 19.3 Å². The summed E-state index contributed by atoms with van der Waals surface area (Å²) in [7, 11) is 2.96. The lowest BCUT2D eigenvalue weighted by atomic mass is 10.1. The smallest absolute Gasteiger partial charge is 0.347 e. The molecule has 0 saturated carbocycles. The van der Waals surface area contributed by atoms with E-state index in [9.17, 15) is 34.6 Å². The first kappa shape index (κ1) is 29.1. The SMILES string of the molecule is CC(=O)Nc1ccc(OC(=O)CC(CO[N+](=O)[O-])O[N+](=O)[O-])c(C(=O)Oc2ccc(-c3cc(=S)ss3)cc2)c1. The molecule has 1 N–H and O–H groups in total. The van der Waals surface area contributed by atoms with Crippen molar-refractivity contribution in [3.8, 4) is 21.9 Å². The highest BCUT2D eigenvalue weighted by molar-refractivity contribution is 7.80. The Bertz CT molecular complexity index is 1450. The second-order valence-electron chi connectivity index (χ2n) is 7.45. The summed E-state index contributed by atoms with van der Waals surface area (Å²) in [6.07, 6.45) is -2.49. The van der Waals surface area contributed by atoms with Crippen molar-refractivity contribution < 1.29 is 43.7 Å². The zero-order chi connectivity index (χ0) is 28.5. The molecule has 17 heteroatoms. The highest BCUT2D eigenvalue weighted by Gasteiger charge is 2.24. The number of rotatable bonds is 12. The largest absolute Gasteiger partial charge is 0.426 e. The summed E-state index contributed by atoms with van der Waals surface area (Å²) < 4.78 is 11.3. The zero-order valence-corrected chi connectivity index (χ0v) is 22.2. The summed E-state index contributed by atoms with van der Waals surface area (Å²) in [5.74, 6) is -2.64. The van der Waals surface area contributed by atoms with Gasteiger partial charge in [0.15, 0.2) is 0 Å². The Morgan fingerprint density at radius 1 is 1.00 bits per heavy atom. The minimum atomic E-state index is -1.66. The minimum Gasteiger partial charge on any atom is -0.426 e. The first-order valence-corrected chi connectivity index (χ1v) is 13.2. The Hall–Kier alpha value is -4.48. The van der Waals surface area contributed by atoms with Gasteiger partial charge in [-0.2, -0.15) is 0 Å². The summed E-state index contributed by atoms with van der Waals surface area (Å²) in [6, 6.07) is 12.2. The fourth-order valence-electron chi connectivity index (χ4n) is 3.02. The molecular formula is C22H17N3O11S3. The van der Waals surface area contributed by atoms with E-state index in [-0.39, 0.29) is 22.7 Å². The van der Waals surface area contributed by atoms with E-state index in [1.165, 1.54) is 45.8 Å². The van der Waals surface area contributed by atoms with Crippen LogP contribution in [0.15, 0.2) is 48.5 Å². The van der Waals surface area contributed by atoms with Crippen LogP contribution in [0.5, 0.6) is 11.5 Å². The minimum absolute atomic E-state index is 0.168. The second kappa shape index (κ2) is 13.4. The summed E-state index contributed by atoms with van der Waals surface area (Å²) in [5.41, 5.74) is 0.793. The Kier molecular flexibility index (Phi) is 9.96. The monoisotopic (exact) mass is 595 g/mol. The third-order valence-electron chi connectivity index (χ3n) is 4.55. The average molecular weight is 596 g/mol.